The Hall–Kier alpha value is -2.56. The minimum Gasteiger partial charge on any atom is -0.386 e. The van der Waals surface area contributed by atoms with Crippen LogP contribution in [0.5, 0.6) is 0 Å². The summed E-state index contributed by atoms with van der Waals surface area (Å²) < 4.78 is 0. The first kappa shape index (κ1) is 13.4. The van der Waals surface area contributed by atoms with Crippen LogP contribution in [-0.2, 0) is 0 Å². The highest BCUT2D eigenvalue weighted by Crippen LogP contribution is 2.33. The van der Waals surface area contributed by atoms with Crippen molar-refractivity contribution in [1.29, 1.82) is 0 Å². The first-order valence-electron chi connectivity index (χ1n) is 6.96. The van der Waals surface area contributed by atoms with E-state index in [0.717, 1.165) is 23.6 Å². The van der Waals surface area contributed by atoms with Crippen LogP contribution in [0.2, 0.25) is 0 Å². The van der Waals surface area contributed by atoms with Crippen LogP contribution in [0.15, 0.2) is 42.7 Å². The van der Waals surface area contributed by atoms with Crippen molar-refractivity contribution >= 4 is 23.0 Å². The lowest BCUT2D eigenvalue weighted by Crippen LogP contribution is -2.42. The van der Waals surface area contributed by atoms with E-state index in [2.05, 4.69) is 15.2 Å². The number of carbonyl (C=O) groups is 1. The quantitative estimate of drug-likeness (QED) is 0.917. The number of para-hydroxylation sites is 2. The van der Waals surface area contributed by atoms with E-state index in [1.54, 1.807) is 25.5 Å². The van der Waals surface area contributed by atoms with Gasteiger partial charge in [0.2, 0.25) is 0 Å². The summed E-state index contributed by atoms with van der Waals surface area (Å²) in [7, 11) is 3.85. The Morgan fingerprint density at radius 2 is 1.95 bits per heavy atom. The normalized spacial score (nSPS) is 13.8. The number of aromatic nitrogens is 1. The second kappa shape index (κ2) is 5.44. The highest BCUT2D eigenvalue weighted by atomic mass is 16.2. The van der Waals surface area contributed by atoms with E-state index < -0.39 is 0 Å². The Kier molecular flexibility index (Phi) is 3.48. The Bertz CT molecular complexity index is 671. The molecule has 2 heterocycles. The molecule has 21 heavy (non-hydrogen) atoms. The van der Waals surface area contributed by atoms with Gasteiger partial charge in [-0.25, -0.2) is 0 Å². The summed E-state index contributed by atoms with van der Waals surface area (Å²) in [6.45, 7) is 1.50. The Morgan fingerprint density at radius 1 is 1.19 bits per heavy atom. The molecule has 0 spiro atoms. The van der Waals surface area contributed by atoms with Gasteiger partial charge in [-0.3, -0.25) is 9.78 Å². The van der Waals surface area contributed by atoms with Gasteiger partial charge in [0.25, 0.3) is 5.91 Å². The molecule has 0 aliphatic carbocycles. The molecular formula is C16H18N4O. The second-order valence-electron chi connectivity index (χ2n) is 5.04. The van der Waals surface area contributed by atoms with Crippen molar-refractivity contribution in [3.8, 4) is 0 Å². The summed E-state index contributed by atoms with van der Waals surface area (Å²) in [5.74, 6) is 0.00213. The van der Waals surface area contributed by atoms with Gasteiger partial charge < -0.3 is 15.1 Å². The summed E-state index contributed by atoms with van der Waals surface area (Å²) in [6.07, 6.45) is 3.32. The van der Waals surface area contributed by atoms with Gasteiger partial charge in [0, 0.05) is 33.4 Å². The highest BCUT2D eigenvalue weighted by Gasteiger charge is 2.26. The van der Waals surface area contributed by atoms with E-state index in [-0.39, 0.29) is 5.91 Å². The number of likely N-dealkylation sites (N-methyl/N-ethyl adjacent to an activating group) is 1. The van der Waals surface area contributed by atoms with E-state index in [1.165, 1.54) is 0 Å². The molecule has 1 aromatic carbocycles. The number of nitrogens with one attached hydrogen (secondary N) is 1. The maximum absolute atomic E-state index is 12.9. The topological polar surface area (TPSA) is 48.5 Å². The summed E-state index contributed by atoms with van der Waals surface area (Å²) >= 11 is 0. The number of nitrogens with zero attached hydrogens (tertiary/aromatic N) is 3. The van der Waals surface area contributed by atoms with Gasteiger partial charge in [0.05, 0.1) is 28.8 Å². The zero-order valence-corrected chi connectivity index (χ0v) is 12.2. The zero-order valence-electron chi connectivity index (χ0n) is 12.2. The maximum atomic E-state index is 12.9. The summed E-state index contributed by atoms with van der Waals surface area (Å²) in [4.78, 5) is 21.0. The molecule has 0 unspecified atom stereocenters. The fourth-order valence-electron chi connectivity index (χ4n) is 2.64. The average molecular weight is 282 g/mol. The molecule has 108 valence electrons. The summed E-state index contributed by atoms with van der Waals surface area (Å²) in [5, 5.41) is 3.03. The third-order valence-corrected chi connectivity index (χ3v) is 3.81. The minimum absolute atomic E-state index is 0.00213. The molecule has 2 aromatic rings. The van der Waals surface area contributed by atoms with Crippen LogP contribution < -0.4 is 15.1 Å². The molecule has 0 atom stereocenters. The van der Waals surface area contributed by atoms with Crippen LogP contribution in [0.1, 0.15) is 10.4 Å². The van der Waals surface area contributed by atoms with Crippen molar-refractivity contribution in [2.75, 3.05) is 42.3 Å². The molecule has 5 heteroatoms. The number of hydrogen-bond donors (Lipinski definition) is 1. The SMILES string of the molecule is CNc1cnccc1C(=O)N1CCN(C)c2ccccc21. The van der Waals surface area contributed by atoms with Gasteiger partial charge in [0.15, 0.2) is 0 Å². The van der Waals surface area contributed by atoms with Crippen LogP contribution in [0.25, 0.3) is 0 Å². The van der Waals surface area contributed by atoms with Crippen LogP contribution in [0.4, 0.5) is 17.1 Å². The minimum atomic E-state index is 0.00213. The van der Waals surface area contributed by atoms with E-state index in [0.29, 0.717) is 12.1 Å². The van der Waals surface area contributed by atoms with Crippen LogP contribution in [0.3, 0.4) is 0 Å². The fraction of sp³-hybridized carbons (Fsp3) is 0.250. The van der Waals surface area contributed by atoms with Gasteiger partial charge in [-0.1, -0.05) is 12.1 Å². The predicted octanol–water partition coefficient (Wildman–Crippen LogP) is 2.22. The van der Waals surface area contributed by atoms with Gasteiger partial charge in [-0.15, -0.1) is 0 Å². The standard InChI is InChI=1S/C16H18N4O/c1-17-13-11-18-8-7-12(13)16(21)20-10-9-19(2)14-5-3-4-6-15(14)20/h3-8,11,17H,9-10H2,1-2H3. The van der Waals surface area contributed by atoms with Crippen LogP contribution in [0, 0.1) is 0 Å². The number of anilines is 3. The van der Waals surface area contributed by atoms with Crippen molar-refractivity contribution in [3.05, 3.63) is 48.3 Å². The first-order valence-corrected chi connectivity index (χ1v) is 6.96. The monoisotopic (exact) mass is 282 g/mol. The van der Waals surface area contributed by atoms with Gasteiger partial charge in [-0.05, 0) is 18.2 Å². The molecule has 3 rings (SSSR count). The molecule has 0 bridgehead atoms. The highest BCUT2D eigenvalue weighted by molar-refractivity contribution is 6.11. The molecule has 1 aliphatic rings. The molecule has 0 saturated heterocycles. The lowest BCUT2D eigenvalue weighted by Gasteiger charge is -2.35. The summed E-state index contributed by atoms with van der Waals surface area (Å²) in [6, 6.07) is 9.75. The van der Waals surface area contributed by atoms with Crippen molar-refractivity contribution < 1.29 is 4.79 Å². The Labute approximate surface area is 124 Å². The molecule has 1 N–H and O–H groups in total. The number of pyridine rings is 1. The number of hydrogen-bond acceptors (Lipinski definition) is 4. The molecule has 1 amide bonds. The molecular weight excluding hydrogens is 264 g/mol. The number of benzene rings is 1. The lowest BCUT2D eigenvalue weighted by molar-refractivity contribution is 0.0987. The first-order chi connectivity index (χ1) is 10.2. The number of amides is 1. The van der Waals surface area contributed by atoms with Gasteiger partial charge in [-0.2, -0.15) is 0 Å². The van der Waals surface area contributed by atoms with Gasteiger partial charge >= 0.3 is 0 Å². The third-order valence-electron chi connectivity index (χ3n) is 3.81. The largest absolute Gasteiger partial charge is 0.386 e. The molecule has 5 nitrogen and oxygen atoms in total. The van der Waals surface area contributed by atoms with Gasteiger partial charge in [0.1, 0.15) is 0 Å². The summed E-state index contributed by atoms with van der Waals surface area (Å²) in [5.41, 5.74) is 3.43. The zero-order chi connectivity index (χ0) is 14.8. The average Bonchev–Trinajstić information content (AvgIpc) is 2.55. The van der Waals surface area contributed by atoms with E-state index in [1.807, 2.05) is 36.2 Å². The Morgan fingerprint density at radius 3 is 2.71 bits per heavy atom. The number of rotatable bonds is 2. The fourth-order valence-corrected chi connectivity index (χ4v) is 2.64. The molecule has 0 radical (unpaired) electrons. The lowest BCUT2D eigenvalue weighted by atomic mass is 10.1. The number of fused-ring (bicyclic) bond motifs is 1. The second-order valence-corrected chi connectivity index (χ2v) is 5.04. The third kappa shape index (κ3) is 2.31. The molecule has 1 aliphatic heterocycles. The van der Waals surface area contributed by atoms with Crippen molar-refractivity contribution in [2.24, 2.45) is 0 Å². The van der Waals surface area contributed by atoms with Crippen molar-refractivity contribution in [2.45, 2.75) is 0 Å². The smallest absolute Gasteiger partial charge is 0.260 e. The molecule has 0 fully saturated rings. The molecule has 0 saturated carbocycles. The van der Waals surface area contributed by atoms with Crippen molar-refractivity contribution in [3.63, 3.8) is 0 Å². The Balaban J connectivity index is 2.01. The maximum Gasteiger partial charge on any atom is 0.260 e. The van der Waals surface area contributed by atoms with Crippen LogP contribution in [-0.4, -0.2) is 38.1 Å². The van der Waals surface area contributed by atoms with E-state index in [9.17, 15) is 4.79 Å². The van der Waals surface area contributed by atoms with E-state index >= 15 is 0 Å². The molecule has 1 aromatic heterocycles. The van der Waals surface area contributed by atoms with E-state index in [4.69, 9.17) is 0 Å². The predicted molar refractivity (Wildman–Crippen MR) is 85.2 cm³/mol. The van der Waals surface area contributed by atoms with Crippen molar-refractivity contribution in [1.82, 2.24) is 4.98 Å². The number of carbonyl (C=O) groups excluding carboxylic acids is 1. The van der Waals surface area contributed by atoms with Crippen LogP contribution >= 0.6 is 0 Å².